The van der Waals surface area contributed by atoms with Gasteiger partial charge in [-0.3, -0.25) is 4.99 Å². The van der Waals surface area contributed by atoms with E-state index < -0.39 is 5.60 Å². The molecule has 6 heteroatoms. The fourth-order valence-corrected chi connectivity index (χ4v) is 3.16. The Morgan fingerprint density at radius 1 is 1.42 bits per heavy atom. The van der Waals surface area contributed by atoms with Crippen LogP contribution in [0.1, 0.15) is 51.1 Å². The Morgan fingerprint density at radius 2 is 2.17 bits per heavy atom. The third-order valence-corrected chi connectivity index (χ3v) is 5.03. The van der Waals surface area contributed by atoms with Crippen molar-refractivity contribution < 1.29 is 14.6 Å². The highest BCUT2D eigenvalue weighted by molar-refractivity contribution is 5.79. The van der Waals surface area contributed by atoms with Gasteiger partial charge in [-0.1, -0.05) is 19.8 Å². The van der Waals surface area contributed by atoms with E-state index in [1.54, 1.807) is 20.0 Å². The van der Waals surface area contributed by atoms with Gasteiger partial charge in [0.2, 0.25) is 0 Å². The SMILES string of the molecule is CN=C(NCC(C)(O)c1ccc(C)o1)NCC1(C)CCCCC1O. The number of guanidine groups is 1. The molecule has 0 amide bonds. The Hall–Kier alpha value is -1.53. The molecule has 0 aromatic carbocycles. The molecule has 1 saturated carbocycles. The van der Waals surface area contributed by atoms with Crippen LogP contribution in [0.25, 0.3) is 0 Å². The van der Waals surface area contributed by atoms with Crippen molar-refractivity contribution in [3.8, 4) is 0 Å². The number of nitrogens with zero attached hydrogens (tertiary/aromatic N) is 1. The standard InChI is InChI=1S/C18H31N3O3/c1-13-8-9-15(24-13)18(3,23)12-21-16(19-4)20-11-17(2)10-6-5-7-14(17)22/h8-9,14,22-23H,5-7,10-12H2,1-4H3,(H2,19,20,21). The van der Waals surface area contributed by atoms with Crippen molar-refractivity contribution in [1.82, 2.24) is 10.6 Å². The van der Waals surface area contributed by atoms with E-state index in [1.807, 2.05) is 13.0 Å². The van der Waals surface area contributed by atoms with Gasteiger partial charge in [0.05, 0.1) is 12.6 Å². The van der Waals surface area contributed by atoms with Crippen LogP contribution in [-0.2, 0) is 5.60 Å². The van der Waals surface area contributed by atoms with E-state index in [4.69, 9.17) is 4.42 Å². The Morgan fingerprint density at radius 3 is 2.75 bits per heavy atom. The van der Waals surface area contributed by atoms with Crippen molar-refractivity contribution in [1.29, 1.82) is 0 Å². The molecular weight excluding hydrogens is 306 g/mol. The molecule has 3 unspecified atom stereocenters. The minimum absolute atomic E-state index is 0.142. The maximum Gasteiger partial charge on any atom is 0.191 e. The summed E-state index contributed by atoms with van der Waals surface area (Å²) in [6.07, 6.45) is 3.81. The molecule has 4 N–H and O–H groups in total. The quantitative estimate of drug-likeness (QED) is 0.487. The van der Waals surface area contributed by atoms with Gasteiger partial charge in [0, 0.05) is 19.0 Å². The lowest BCUT2D eigenvalue weighted by Crippen LogP contribution is -2.50. The molecule has 136 valence electrons. The molecular formula is C18H31N3O3. The molecule has 0 radical (unpaired) electrons. The maximum atomic E-state index is 10.6. The predicted octanol–water partition coefficient (Wildman–Crippen LogP) is 1.90. The number of rotatable bonds is 5. The summed E-state index contributed by atoms with van der Waals surface area (Å²) in [5, 5.41) is 27.3. The van der Waals surface area contributed by atoms with E-state index in [9.17, 15) is 10.2 Å². The molecule has 3 atom stereocenters. The Bertz CT molecular complexity index is 568. The highest BCUT2D eigenvalue weighted by Gasteiger charge is 2.35. The molecule has 0 saturated heterocycles. The Kier molecular flexibility index (Phi) is 5.93. The summed E-state index contributed by atoms with van der Waals surface area (Å²) in [7, 11) is 1.70. The van der Waals surface area contributed by atoms with E-state index >= 15 is 0 Å². The highest BCUT2D eigenvalue weighted by atomic mass is 16.4. The molecule has 1 aliphatic carbocycles. The molecule has 1 aromatic heterocycles. The van der Waals surface area contributed by atoms with Crippen LogP contribution in [0.3, 0.4) is 0 Å². The normalized spacial score (nSPS) is 27.6. The Labute approximate surface area is 144 Å². The van der Waals surface area contributed by atoms with Crippen molar-refractivity contribution in [3.63, 3.8) is 0 Å². The predicted molar refractivity (Wildman–Crippen MR) is 95.0 cm³/mol. The van der Waals surface area contributed by atoms with E-state index in [2.05, 4.69) is 22.5 Å². The topological polar surface area (TPSA) is 90.0 Å². The number of aliphatic hydroxyl groups is 2. The van der Waals surface area contributed by atoms with Crippen molar-refractivity contribution in [2.24, 2.45) is 10.4 Å². The first-order valence-electron chi connectivity index (χ1n) is 8.69. The summed E-state index contributed by atoms with van der Waals surface area (Å²) in [4.78, 5) is 4.20. The smallest absolute Gasteiger partial charge is 0.191 e. The first-order chi connectivity index (χ1) is 11.3. The number of hydrogen-bond acceptors (Lipinski definition) is 4. The van der Waals surface area contributed by atoms with Crippen LogP contribution >= 0.6 is 0 Å². The van der Waals surface area contributed by atoms with Crippen LogP contribution in [0.4, 0.5) is 0 Å². The molecule has 0 aliphatic heterocycles. The molecule has 0 bridgehead atoms. The van der Waals surface area contributed by atoms with Gasteiger partial charge < -0.3 is 25.3 Å². The summed E-state index contributed by atoms with van der Waals surface area (Å²) in [6.45, 7) is 6.59. The van der Waals surface area contributed by atoms with Gasteiger partial charge in [0.1, 0.15) is 17.1 Å². The Balaban J connectivity index is 1.88. The summed E-state index contributed by atoms with van der Waals surface area (Å²) in [5.74, 6) is 1.90. The van der Waals surface area contributed by atoms with Crippen molar-refractivity contribution in [2.75, 3.05) is 20.1 Å². The number of hydrogen-bond donors (Lipinski definition) is 4. The lowest BCUT2D eigenvalue weighted by molar-refractivity contribution is 0.00375. The van der Waals surface area contributed by atoms with E-state index in [-0.39, 0.29) is 18.1 Å². The zero-order valence-corrected chi connectivity index (χ0v) is 15.2. The number of nitrogens with one attached hydrogen (secondary N) is 2. The van der Waals surface area contributed by atoms with Crippen LogP contribution in [0, 0.1) is 12.3 Å². The van der Waals surface area contributed by atoms with Crippen LogP contribution in [0.2, 0.25) is 0 Å². The lowest BCUT2D eigenvalue weighted by Gasteiger charge is -2.39. The lowest BCUT2D eigenvalue weighted by atomic mass is 9.73. The maximum absolute atomic E-state index is 10.6. The van der Waals surface area contributed by atoms with Gasteiger partial charge in [0.25, 0.3) is 0 Å². The molecule has 1 aromatic rings. The summed E-state index contributed by atoms with van der Waals surface area (Å²) >= 11 is 0. The minimum Gasteiger partial charge on any atom is -0.463 e. The van der Waals surface area contributed by atoms with Crippen LogP contribution in [-0.4, -0.2) is 42.4 Å². The zero-order valence-electron chi connectivity index (χ0n) is 15.2. The first kappa shape index (κ1) is 18.8. The monoisotopic (exact) mass is 337 g/mol. The fraction of sp³-hybridized carbons (Fsp3) is 0.722. The van der Waals surface area contributed by atoms with Gasteiger partial charge in [-0.2, -0.15) is 0 Å². The second-order valence-corrected chi connectivity index (χ2v) is 7.38. The van der Waals surface area contributed by atoms with Crippen molar-refractivity contribution in [3.05, 3.63) is 23.7 Å². The third kappa shape index (κ3) is 4.51. The highest BCUT2D eigenvalue weighted by Crippen LogP contribution is 2.35. The van der Waals surface area contributed by atoms with E-state index in [0.717, 1.165) is 31.4 Å². The molecule has 0 spiro atoms. The molecule has 24 heavy (non-hydrogen) atoms. The number of aryl methyl sites for hydroxylation is 1. The van der Waals surface area contributed by atoms with Gasteiger partial charge in [-0.25, -0.2) is 0 Å². The number of furan rings is 1. The van der Waals surface area contributed by atoms with E-state index in [0.29, 0.717) is 18.3 Å². The van der Waals surface area contributed by atoms with Gasteiger partial charge in [-0.05, 0) is 38.8 Å². The van der Waals surface area contributed by atoms with Gasteiger partial charge in [0.15, 0.2) is 5.96 Å². The minimum atomic E-state index is -1.12. The van der Waals surface area contributed by atoms with Crippen molar-refractivity contribution in [2.45, 2.75) is 58.2 Å². The van der Waals surface area contributed by atoms with Gasteiger partial charge >= 0.3 is 0 Å². The van der Waals surface area contributed by atoms with Crippen LogP contribution in [0.5, 0.6) is 0 Å². The number of aliphatic imine (C=N–C) groups is 1. The molecule has 1 fully saturated rings. The van der Waals surface area contributed by atoms with Crippen molar-refractivity contribution >= 4 is 5.96 Å². The first-order valence-corrected chi connectivity index (χ1v) is 8.69. The van der Waals surface area contributed by atoms with Crippen LogP contribution < -0.4 is 10.6 Å². The summed E-state index contributed by atoms with van der Waals surface area (Å²) < 4.78 is 5.52. The van der Waals surface area contributed by atoms with Crippen LogP contribution in [0.15, 0.2) is 21.5 Å². The number of aliphatic hydroxyl groups excluding tert-OH is 1. The largest absolute Gasteiger partial charge is 0.463 e. The average molecular weight is 337 g/mol. The molecule has 2 rings (SSSR count). The molecule has 6 nitrogen and oxygen atoms in total. The summed E-state index contributed by atoms with van der Waals surface area (Å²) in [6, 6.07) is 3.62. The average Bonchev–Trinajstić information content (AvgIpc) is 2.98. The second-order valence-electron chi connectivity index (χ2n) is 7.38. The fourth-order valence-electron chi connectivity index (χ4n) is 3.16. The molecule has 1 aliphatic rings. The zero-order chi connectivity index (χ0) is 17.8. The van der Waals surface area contributed by atoms with Gasteiger partial charge in [-0.15, -0.1) is 0 Å². The third-order valence-electron chi connectivity index (χ3n) is 5.03. The second kappa shape index (κ2) is 7.57. The summed E-state index contributed by atoms with van der Waals surface area (Å²) in [5.41, 5.74) is -1.27. The molecule has 1 heterocycles. The van der Waals surface area contributed by atoms with E-state index in [1.165, 1.54) is 0 Å².